The molecule has 0 bridgehead atoms. The number of alkyl halides is 1. The molecule has 1 heterocycles. The molecule has 0 saturated heterocycles. The normalized spacial score (nSPS) is 10.6. The summed E-state index contributed by atoms with van der Waals surface area (Å²) in [5, 5.41) is 3.91. The van der Waals surface area contributed by atoms with E-state index in [1.807, 2.05) is 37.3 Å². The maximum absolute atomic E-state index is 11.7. The summed E-state index contributed by atoms with van der Waals surface area (Å²) < 4.78 is 0. The molecule has 0 aliphatic carbocycles. The number of hydrogen-bond donors (Lipinski definition) is 1. The van der Waals surface area contributed by atoms with Crippen molar-refractivity contribution in [3.63, 3.8) is 0 Å². The number of nitrogens with zero attached hydrogens (tertiary/aromatic N) is 1. The molecule has 3 nitrogen and oxygen atoms in total. The maximum Gasteiger partial charge on any atom is 0.224 e. The number of benzene rings is 1. The van der Waals surface area contributed by atoms with Gasteiger partial charge in [-0.1, -0.05) is 18.2 Å². The highest BCUT2D eigenvalue weighted by atomic mass is 35.5. The summed E-state index contributed by atoms with van der Waals surface area (Å²) in [5.74, 6) is 0.479. The van der Waals surface area contributed by atoms with Crippen molar-refractivity contribution in [1.29, 1.82) is 0 Å². The van der Waals surface area contributed by atoms with Gasteiger partial charge in [0, 0.05) is 23.4 Å². The summed E-state index contributed by atoms with van der Waals surface area (Å²) in [4.78, 5) is 16.2. The van der Waals surface area contributed by atoms with E-state index in [2.05, 4.69) is 10.3 Å². The molecule has 0 aliphatic heterocycles. The average molecular weight is 263 g/mol. The van der Waals surface area contributed by atoms with Crippen LogP contribution < -0.4 is 5.32 Å². The molecule has 18 heavy (non-hydrogen) atoms. The molecule has 0 fully saturated rings. The lowest BCUT2D eigenvalue weighted by molar-refractivity contribution is -0.116. The number of nitrogens with one attached hydrogen (secondary N) is 1. The standard InChI is InChI=1S/C14H15ClN2O/c1-10-7-8-11-4-2-5-12(14(11)16-10)17-13(18)6-3-9-15/h2,4-5,7-8H,3,6,9H2,1H3,(H,17,18). The van der Waals surface area contributed by atoms with Gasteiger partial charge in [-0.25, -0.2) is 0 Å². The second-order valence-corrected chi connectivity index (χ2v) is 4.55. The Balaban J connectivity index is 2.27. The lowest BCUT2D eigenvalue weighted by Crippen LogP contribution is -2.11. The summed E-state index contributed by atoms with van der Waals surface area (Å²) in [7, 11) is 0. The van der Waals surface area contributed by atoms with Gasteiger partial charge < -0.3 is 5.32 Å². The Bertz CT molecular complexity index is 569. The number of amides is 1. The molecule has 0 radical (unpaired) electrons. The number of rotatable bonds is 4. The molecule has 4 heteroatoms. The zero-order valence-corrected chi connectivity index (χ0v) is 11.0. The summed E-state index contributed by atoms with van der Waals surface area (Å²) in [6.07, 6.45) is 1.12. The molecule has 2 aromatic rings. The number of carbonyl (C=O) groups excluding carboxylic acids is 1. The summed E-state index contributed by atoms with van der Waals surface area (Å²) in [6, 6.07) is 9.73. The fourth-order valence-electron chi connectivity index (χ4n) is 1.79. The van der Waals surface area contributed by atoms with Crippen molar-refractivity contribution in [2.75, 3.05) is 11.2 Å². The molecule has 0 aliphatic rings. The minimum Gasteiger partial charge on any atom is -0.324 e. The molecule has 1 aromatic carbocycles. The monoisotopic (exact) mass is 262 g/mol. The van der Waals surface area contributed by atoms with E-state index in [1.54, 1.807) is 0 Å². The van der Waals surface area contributed by atoms with E-state index in [0.29, 0.717) is 18.7 Å². The van der Waals surface area contributed by atoms with Crippen molar-refractivity contribution in [1.82, 2.24) is 4.98 Å². The van der Waals surface area contributed by atoms with Crippen molar-refractivity contribution < 1.29 is 4.79 Å². The number of carbonyl (C=O) groups is 1. The molecule has 0 spiro atoms. The third-order valence-corrected chi connectivity index (χ3v) is 2.94. The number of pyridine rings is 1. The molecule has 94 valence electrons. The highest BCUT2D eigenvalue weighted by Gasteiger charge is 2.06. The van der Waals surface area contributed by atoms with Crippen LogP contribution in [0.1, 0.15) is 18.5 Å². The van der Waals surface area contributed by atoms with Crippen LogP contribution in [0.3, 0.4) is 0 Å². The Hall–Kier alpha value is -1.61. The zero-order valence-electron chi connectivity index (χ0n) is 10.2. The number of halogens is 1. The maximum atomic E-state index is 11.7. The highest BCUT2D eigenvalue weighted by Crippen LogP contribution is 2.21. The summed E-state index contributed by atoms with van der Waals surface area (Å²) in [6.45, 7) is 1.94. The minimum atomic E-state index is -0.0218. The first-order chi connectivity index (χ1) is 8.70. The molecular weight excluding hydrogens is 248 g/mol. The molecular formula is C14H15ClN2O. The van der Waals surface area contributed by atoms with Crippen LogP contribution in [-0.2, 0) is 4.79 Å². The second-order valence-electron chi connectivity index (χ2n) is 4.17. The fourth-order valence-corrected chi connectivity index (χ4v) is 1.92. The first-order valence-corrected chi connectivity index (χ1v) is 6.46. The first-order valence-electron chi connectivity index (χ1n) is 5.93. The van der Waals surface area contributed by atoms with Gasteiger partial charge in [-0.15, -0.1) is 11.6 Å². The topological polar surface area (TPSA) is 42.0 Å². The smallest absolute Gasteiger partial charge is 0.224 e. The number of aromatic nitrogens is 1. The van der Waals surface area contributed by atoms with Crippen LogP contribution in [0.2, 0.25) is 0 Å². The molecule has 1 aromatic heterocycles. The average Bonchev–Trinajstić information content (AvgIpc) is 2.37. The highest BCUT2D eigenvalue weighted by molar-refractivity contribution is 6.18. The Kier molecular flexibility index (Phi) is 4.15. The van der Waals surface area contributed by atoms with E-state index in [-0.39, 0.29) is 5.91 Å². The predicted molar refractivity (Wildman–Crippen MR) is 75.1 cm³/mol. The lowest BCUT2D eigenvalue weighted by atomic mass is 10.1. The van der Waals surface area contributed by atoms with Crippen molar-refractivity contribution in [3.8, 4) is 0 Å². The van der Waals surface area contributed by atoms with Gasteiger partial charge >= 0.3 is 0 Å². The Morgan fingerprint density at radius 1 is 1.33 bits per heavy atom. The number of hydrogen-bond acceptors (Lipinski definition) is 2. The van der Waals surface area contributed by atoms with Gasteiger partial charge in [0.25, 0.3) is 0 Å². The van der Waals surface area contributed by atoms with Crippen molar-refractivity contribution in [2.24, 2.45) is 0 Å². The van der Waals surface area contributed by atoms with Gasteiger partial charge in [0.1, 0.15) is 0 Å². The van der Waals surface area contributed by atoms with E-state index in [4.69, 9.17) is 11.6 Å². The van der Waals surface area contributed by atoms with Gasteiger partial charge in [0.05, 0.1) is 11.2 Å². The van der Waals surface area contributed by atoms with Crippen LogP contribution in [0.25, 0.3) is 10.9 Å². The largest absolute Gasteiger partial charge is 0.324 e. The number of anilines is 1. The van der Waals surface area contributed by atoms with Crippen LogP contribution in [0.5, 0.6) is 0 Å². The quantitative estimate of drug-likeness (QED) is 0.857. The van der Waals surface area contributed by atoms with Gasteiger partial charge in [0.2, 0.25) is 5.91 Å². The van der Waals surface area contributed by atoms with Crippen LogP contribution in [0.15, 0.2) is 30.3 Å². The van der Waals surface area contributed by atoms with Gasteiger partial charge in [-0.3, -0.25) is 9.78 Å². The van der Waals surface area contributed by atoms with Gasteiger partial charge in [0.15, 0.2) is 0 Å². The number of fused-ring (bicyclic) bond motifs is 1. The van der Waals surface area contributed by atoms with Crippen LogP contribution in [0.4, 0.5) is 5.69 Å². The van der Waals surface area contributed by atoms with Crippen molar-refractivity contribution in [2.45, 2.75) is 19.8 Å². The van der Waals surface area contributed by atoms with Gasteiger partial charge in [-0.2, -0.15) is 0 Å². The van der Waals surface area contributed by atoms with Crippen molar-refractivity contribution >= 4 is 34.1 Å². The van der Waals surface area contributed by atoms with E-state index in [1.165, 1.54) is 0 Å². The van der Waals surface area contributed by atoms with E-state index in [0.717, 1.165) is 22.3 Å². The molecule has 0 atom stereocenters. The van der Waals surface area contributed by atoms with E-state index in [9.17, 15) is 4.79 Å². The summed E-state index contributed by atoms with van der Waals surface area (Å²) in [5.41, 5.74) is 2.53. The zero-order chi connectivity index (χ0) is 13.0. The minimum absolute atomic E-state index is 0.0218. The van der Waals surface area contributed by atoms with E-state index < -0.39 is 0 Å². The molecule has 0 unspecified atom stereocenters. The van der Waals surface area contributed by atoms with Crippen LogP contribution >= 0.6 is 11.6 Å². The first kappa shape index (κ1) is 12.8. The molecule has 0 saturated carbocycles. The Morgan fingerprint density at radius 2 is 2.17 bits per heavy atom. The Morgan fingerprint density at radius 3 is 2.94 bits per heavy atom. The number of para-hydroxylation sites is 1. The predicted octanol–water partition coefficient (Wildman–Crippen LogP) is 3.50. The third kappa shape index (κ3) is 2.99. The fraction of sp³-hybridized carbons (Fsp3) is 0.286. The lowest BCUT2D eigenvalue weighted by Gasteiger charge is -2.08. The third-order valence-electron chi connectivity index (χ3n) is 2.67. The second kappa shape index (κ2) is 5.83. The van der Waals surface area contributed by atoms with Crippen molar-refractivity contribution in [3.05, 3.63) is 36.0 Å². The van der Waals surface area contributed by atoms with Gasteiger partial charge in [-0.05, 0) is 25.5 Å². The van der Waals surface area contributed by atoms with Crippen LogP contribution in [0, 0.1) is 6.92 Å². The van der Waals surface area contributed by atoms with E-state index >= 15 is 0 Å². The summed E-state index contributed by atoms with van der Waals surface area (Å²) >= 11 is 5.57. The SMILES string of the molecule is Cc1ccc2cccc(NC(=O)CCCCl)c2n1. The molecule has 2 rings (SSSR count). The molecule has 1 N–H and O–H groups in total. The Labute approximate surface area is 111 Å². The van der Waals surface area contributed by atoms with Crippen LogP contribution in [-0.4, -0.2) is 16.8 Å². The number of aryl methyl sites for hydroxylation is 1. The molecule has 1 amide bonds.